The molecule has 0 aliphatic heterocycles. The molecule has 1 aliphatic carbocycles. The average molecular weight is 593 g/mol. The Balaban J connectivity index is 1.40. The van der Waals surface area contributed by atoms with E-state index >= 15 is 0 Å². The van der Waals surface area contributed by atoms with Gasteiger partial charge in [0, 0.05) is 18.0 Å². The Morgan fingerprint density at radius 2 is 1.80 bits per heavy atom. The molecule has 0 unspecified atom stereocenters. The number of fused-ring (bicyclic) bond motifs is 1. The van der Waals surface area contributed by atoms with Crippen molar-refractivity contribution in [3.05, 3.63) is 119 Å². The molecule has 10 heteroatoms. The van der Waals surface area contributed by atoms with E-state index in [1.54, 1.807) is 42.6 Å². The second-order valence-corrected chi connectivity index (χ2v) is 10.9. The monoisotopic (exact) mass is 592 g/mol. The summed E-state index contributed by atoms with van der Waals surface area (Å²) in [6.07, 6.45) is 3.40. The van der Waals surface area contributed by atoms with Crippen molar-refractivity contribution < 1.29 is 27.9 Å². The molecule has 0 atom stereocenters. The van der Waals surface area contributed by atoms with E-state index in [0.29, 0.717) is 27.9 Å². The third-order valence-corrected chi connectivity index (χ3v) is 7.80. The minimum Gasteiger partial charge on any atom is -0.483 e. The highest BCUT2D eigenvalue weighted by Crippen LogP contribution is 2.45. The molecule has 9 nitrogen and oxygen atoms in total. The number of furan rings is 1. The summed E-state index contributed by atoms with van der Waals surface area (Å²) in [7, 11) is 0. The number of halogens is 1. The second kappa shape index (κ2) is 11.3. The first-order valence-electron chi connectivity index (χ1n) is 14.0. The van der Waals surface area contributed by atoms with Gasteiger partial charge in [-0.3, -0.25) is 19.4 Å². The quantitative estimate of drug-likeness (QED) is 0.210. The lowest BCUT2D eigenvalue weighted by Crippen LogP contribution is -2.36. The van der Waals surface area contributed by atoms with Crippen LogP contribution in [0.25, 0.3) is 22.1 Å². The van der Waals surface area contributed by atoms with E-state index in [4.69, 9.17) is 20.6 Å². The van der Waals surface area contributed by atoms with Crippen molar-refractivity contribution in [3.8, 4) is 16.9 Å². The highest BCUT2D eigenvalue weighted by molar-refractivity contribution is 6.08. The minimum absolute atomic E-state index is 0.211. The standard InChI is InChI=1S/C34H29FN4O5/c1-19-14-27(43-18-30(36)40)25(33(42)39-34(11-12-34)29-4-2-3-13-38-29)17-23(19)21-7-10-26-24(16-21)31(32(37)41)28(44-26)15-20-5-8-22(35)9-6-20/h2-10,13-14,16-17H,11-12,15,18H2,1H3,(H2,36,40)(H2,37,41)(H,39,42). The number of hydrogen-bond acceptors (Lipinski definition) is 6. The largest absolute Gasteiger partial charge is 0.483 e. The second-order valence-electron chi connectivity index (χ2n) is 10.9. The Hall–Kier alpha value is -5.51. The highest BCUT2D eigenvalue weighted by atomic mass is 19.1. The van der Waals surface area contributed by atoms with Crippen LogP contribution in [0, 0.1) is 12.7 Å². The first kappa shape index (κ1) is 28.6. The van der Waals surface area contributed by atoms with Crippen molar-refractivity contribution in [1.82, 2.24) is 10.3 Å². The Morgan fingerprint density at radius 3 is 2.45 bits per heavy atom. The first-order chi connectivity index (χ1) is 21.1. The summed E-state index contributed by atoms with van der Waals surface area (Å²) in [6.45, 7) is 1.45. The van der Waals surface area contributed by atoms with Gasteiger partial charge in [-0.1, -0.05) is 24.3 Å². The molecule has 3 aromatic carbocycles. The molecule has 2 aromatic heterocycles. The molecule has 1 saturated carbocycles. The molecule has 2 heterocycles. The van der Waals surface area contributed by atoms with Crippen LogP contribution in [-0.2, 0) is 16.8 Å². The van der Waals surface area contributed by atoms with Crippen molar-refractivity contribution in [2.45, 2.75) is 31.7 Å². The van der Waals surface area contributed by atoms with Gasteiger partial charge < -0.3 is 25.9 Å². The van der Waals surface area contributed by atoms with Crippen molar-refractivity contribution in [2.24, 2.45) is 11.5 Å². The summed E-state index contributed by atoms with van der Waals surface area (Å²) in [6, 6.07) is 20.2. The van der Waals surface area contributed by atoms with E-state index in [0.717, 1.165) is 29.7 Å². The van der Waals surface area contributed by atoms with Crippen LogP contribution >= 0.6 is 0 Å². The van der Waals surface area contributed by atoms with Crippen LogP contribution in [0.3, 0.4) is 0 Å². The van der Waals surface area contributed by atoms with Crippen LogP contribution in [0.2, 0.25) is 0 Å². The minimum atomic E-state index is -0.675. The highest BCUT2D eigenvalue weighted by Gasteiger charge is 2.47. The van der Waals surface area contributed by atoms with Gasteiger partial charge in [-0.15, -0.1) is 0 Å². The van der Waals surface area contributed by atoms with Gasteiger partial charge in [-0.25, -0.2) is 4.39 Å². The fourth-order valence-corrected chi connectivity index (χ4v) is 5.44. The van der Waals surface area contributed by atoms with E-state index in [-0.39, 0.29) is 29.1 Å². The Bertz CT molecular complexity index is 1910. The molecule has 222 valence electrons. The lowest BCUT2D eigenvalue weighted by Gasteiger charge is -2.20. The molecule has 0 bridgehead atoms. The number of nitrogens with two attached hydrogens (primary N) is 2. The molecular weight excluding hydrogens is 563 g/mol. The van der Waals surface area contributed by atoms with Gasteiger partial charge in [-0.05, 0) is 90.6 Å². The predicted octanol–water partition coefficient (Wildman–Crippen LogP) is 4.92. The zero-order valence-electron chi connectivity index (χ0n) is 23.9. The Morgan fingerprint density at radius 1 is 1.02 bits per heavy atom. The van der Waals surface area contributed by atoms with Gasteiger partial charge >= 0.3 is 0 Å². The zero-order chi connectivity index (χ0) is 31.0. The fourth-order valence-electron chi connectivity index (χ4n) is 5.44. The molecule has 1 aliphatic rings. The predicted molar refractivity (Wildman–Crippen MR) is 161 cm³/mol. The van der Waals surface area contributed by atoms with Gasteiger partial charge in [0.25, 0.3) is 17.7 Å². The Kier molecular flexibility index (Phi) is 7.34. The maximum atomic E-state index is 13.8. The zero-order valence-corrected chi connectivity index (χ0v) is 23.9. The number of aromatic nitrogens is 1. The first-order valence-corrected chi connectivity index (χ1v) is 14.0. The molecule has 0 saturated heterocycles. The van der Waals surface area contributed by atoms with E-state index < -0.39 is 29.9 Å². The maximum absolute atomic E-state index is 13.8. The van der Waals surface area contributed by atoms with Gasteiger partial charge in [0.15, 0.2) is 6.61 Å². The van der Waals surface area contributed by atoms with Crippen molar-refractivity contribution >= 4 is 28.7 Å². The molecule has 0 radical (unpaired) electrons. The lowest BCUT2D eigenvalue weighted by atomic mass is 9.95. The summed E-state index contributed by atoms with van der Waals surface area (Å²) in [5, 5.41) is 3.63. The number of hydrogen-bond donors (Lipinski definition) is 3. The number of carbonyl (C=O) groups excluding carboxylic acids is 3. The van der Waals surface area contributed by atoms with Crippen molar-refractivity contribution in [3.63, 3.8) is 0 Å². The van der Waals surface area contributed by atoms with Gasteiger partial charge in [-0.2, -0.15) is 0 Å². The molecule has 6 rings (SSSR count). The number of aryl methyl sites for hydroxylation is 1. The normalized spacial score (nSPS) is 13.4. The number of rotatable bonds is 10. The van der Waals surface area contributed by atoms with Crippen LogP contribution in [0.5, 0.6) is 5.75 Å². The molecule has 1 fully saturated rings. The lowest BCUT2D eigenvalue weighted by molar-refractivity contribution is -0.119. The number of nitrogens with one attached hydrogen (secondary N) is 1. The number of ether oxygens (including phenoxy) is 1. The fraction of sp³-hybridized carbons (Fsp3) is 0.176. The van der Waals surface area contributed by atoms with Crippen molar-refractivity contribution in [2.75, 3.05) is 6.61 Å². The number of nitrogens with zero attached hydrogens (tertiary/aromatic N) is 1. The summed E-state index contributed by atoms with van der Waals surface area (Å²) < 4.78 is 25.1. The van der Waals surface area contributed by atoms with Gasteiger partial charge in [0.05, 0.1) is 22.4 Å². The van der Waals surface area contributed by atoms with Crippen LogP contribution < -0.4 is 21.5 Å². The summed E-state index contributed by atoms with van der Waals surface area (Å²) in [5.74, 6) is -1.51. The molecular formula is C34H29FN4O5. The van der Waals surface area contributed by atoms with Crippen molar-refractivity contribution in [1.29, 1.82) is 0 Å². The third kappa shape index (κ3) is 5.61. The van der Waals surface area contributed by atoms with Gasteiger partial charge in [0.1, 0.15) is 22.9 Å². The molecule has 44 heavy (non-hydrogen) atoms. The Labute approximate surface area is 252 Å². The topological polar surface area (TPSA) is 151 Å². The smallest absolute Gasteiger partial charge is 0.255 e. The number of carbonyl (C=O) groups is 3. The summed E-state index contributed by atoms with van der Waals surface area (Å²) in [4.78, 5) is 42.3. The van der Waals surface area contributed by atoms with Crippen LogP contribution in [-0.4, -0.2) is 29.3 Å². The number of amides is 3. The molecule has 0 spiro atoms. The van der Waals surface area contributed by atoms with Gasteiger partial charge in [0.2, 0.25) is 0 Å². The van der Waals surface area contributed by atoms with E-state index in [9.17, 15) is 18.8 Å². The number of primary amides is 2. The van der Waals surface area contributed by atoms with E-state index in [2.05, 4.69) is 10.3 Å². The number of pyridine rings is 1. The molecule has 3 amide bonds. The van der Waals surface area contributed by atoms with Crippen LogP contribution in [0.15, 0.2) is 83.4 Å². The maximum Gasteiger partial charge on any atom is 0.255 e. The average Bonchev–Trinajstić information content (AvgIpc) is 3.69. The van der Waals surface area contributed by atoms with Crippen LogP contribution in [0.1, 0.15) is 56.1 Å². The summed E-state index contributed by atoms with van der Waals surface area (Å²) in [5.41, 5.74) is 15.1. The van der Waals surface area contributed by atoms with E-state index in [1.807, 2.05) is 31.2 Å². The SMILES string of the molecule is Cc1cc(OCC(N)=O)c(C(=O)NC2(c3ccccn3)CC2)cc1-c1ccc2oc(Cc3ccc(F)cc3)c(C(N)=O)c2c1. The van der Waals surface area contributed by atoms with E-state index in [1.165, 1.54) is 12.1 Å². The molecule has 5 aromatic rings. The summed E-state index contributed by atoms with van der Waals surface area (Å²) >= 11 is 0. The number of benzene rings is 3. The third-order valence-electron chi connectivity index (χ3n) is 7.80. The van der Waals surface area contributed by atoms with Crippen LogP contribution in [0.4, 0.5) is 4.39 Å². The molecule has 5 N–H and O–H groups in total.